The molecule has 0 saturated heterocycles. The Hall–Kier alpha value is -2.10. The summed E-state index contributed by atoms with van der Waals surface area (Å²) in [4.78, 5) is 18.6. The van der Waals surface area contributed by atoms with Crippen LogP contribution in [0.1, 0.15) is 32.8 Å². The molecule has 0 radical (unpaired) electrons. The molecule has 0 bridgehead atoms. The number of aliphatic imine (C=N–C) groups is 1. The Balaban J connectivity index is 1.92. The zero-order chi connectivity index (χ0) is 16.6. The van der Waals surface area contributed by atoms with Gasteiger partial charge in [0.2, 0.25) is 5.91 Å². The molecule has 4 heteroatoms. The minimum Gasteiger partial charge on any atom is -0.340 e. The van der Waals surface area contributed by atoms with Crippen LogP contribution in [-0.4, -0.2) is 35.8 Å². The standard InChI is InChI=1S/C19H25N3O/c1-12-6-5-7-16(10-12)21-19-18-11-22(15(4)23)9-8-17(18)13(2)14(3)20-19/h5-7,10,13-14H,8-9,11H2,1-4H3,(H,20,21)/t13?,14-/m1/s1. The second kappa shape index (κ2) is 6.19. The van der Waals surface area contributed by atoms with Crippen LogP contribution in [0.3, 0.4) is 0 Å². The first-order valence-corrected chi connectivity index (χ1v) is 8.35. The molecule has 4 nitrogen and oxygen atoms in total. The van der Waals surface area contributed by atoms with Crippen molar-refractivity contribution in [3.8, 4) is 0 Å². The number of dihydropyridines is 1. The second-order valence-electron chi connectivity index (χ2n) is 6.70. The molecule has 2 heterocycles. The number of amidine groups is 1. The average molecular weight is 311 g/mol. The normalized spacial score (nSPS) is 24.2. The maximum absolute atomic E-state index is 11.8. The van der Waals surface area contributed by atoms with Crippen molar-refractivity contribution in [1.29, 1.82) is 0 Å². The molecular weight excluding hydrogens is 286 g/mol. The highest BCUT2D eigenvalue weighted by Crippen LogP contribution is 2.33. The Morgan fingerprint density at radius 1 is 1.35 bits per heavy atom. The van der Waals surface area contributed by atoms with E-state index in [0.29, 0.717) is 12.5 Å². The first-order valence-electron chi connectivity index (χ1n) is 8.35. The van der Waals surface area contributed by atoms with Crippen molar-refractivity contribution in [2.75, 3.05) is 18.4 Å². The molecular formula is C19H25N3O. The molecule has 23 heavy (non-hydrogen) atoms. The van der Waals surface area contributed by atoms with Crippen LogP contribution < -0.4 is 5.32 Å². The fourth-order valence-corrected chi connectivity index (χ4v) is 3.43. The van der Waals surface area contributed by atoms with Crippen LogP contribution in [0.15, 0.2) is 40.4 Å². The minimum absolute atomic E-state index is 0.137. The van der Waals surface area contributed by atoms with Crippen LogP contribution in [0.2, 0.25) is 0 Å². The van der Waals surface area contributed by atoms with Crippen molar-refractivity contribution >= 4 is 17.4 Å². The lowest BCUT2D eigenvalue weighted by Crippen LogP contribution is -2.42. The zero-order valence-corrected chi connectivity index (χ0v) is 14.4. The second-order valence-corrected chi connectivity index (χ2v) is 6.70. The molecule has 2 atom stereocenters. The summed E-state index contributed by atoms with van der Waals surface area (Å²) in [5, 5.41) is 3.49. The van der Waals surface area contributed by atoms with Crippen LogP contribution in [0, 0.1) is 12.8 Å². The highest BCUT2D eigenvalue weighted by Gasteiger charge is 2.32. The molecule has 2 aliphatic rings. The maximum atomic E-state index is 11.8. The number of benzene rings is 1. The number of carbonyl (C=O) groups excluding carboxylic acids is 1. The monoisotopic (exact) mass is 311 g/mol. The van der Waals surface area contributed by atoms with Crippen molar-refractivity contribution in [3.05, 3.63) is 41.0 Å². The Kier molecular flexibility index (Phi) is 4.24. The Labute approximate surface area is 138 Å². The molecule has 0 aromatic heterocycles. The number of amides is 1. The van der Waals surface area contributed by atoms with Crippen molar-refractivity contribution in [2.24, 2.45) is 10.9 Å². The lowest BCUT2D eigenvalue weighted by Gasteiger charge is -2.37. The van der Waals surface area contributed by atoms with Gasteiger partial charge in [-0.1, -0.05) is 24.6 Å². The van der Waals surface area contributed by atoms with Gasteiger partial charge in [-0.2, -0.15) is 0 Å². The highest BCUT2D eigenvalue weighted by molar-refractivity contribution is 6.10. The molecule has 0 fully saturated rings. The Morgan fingerprint density at radius 2 is 2.13 bits per heavy atom. The summed E-state index contributed by atoms with van der Waals surface area (Å²) in [7, 11) is 0. The SMILES string of the molecule is CC(=O)N1CCC2=C(C1)C(Nc1cccc(C)c1)=N[C@H](C)C2C. The summed E-state index contributed by atoms with van der Waals surface area (Å²) < 4.78 is 0. The van der Waals surface area contributed by atoms with Crippen molar-refractivity contribution in [1.82, 2.24) is 4.90 Å². The molecule has 0 saturated carbocycles. The first-order chi connectivity index (χ1) is 11.0. The Bertz CT molecular complexity index is 690. The molecule has 0 spiro atoms. The third kappa shape index (κ3) is 3.16. The number of rotatable bonds is 1. The predicted octanol–water partition coefficient (Wildman–Crippen LogP) is 3.39. The summed E-state index contributed by atoms with van der Waals surface area (Å²) >= 11 is 0. The molecule has 1 aromatic carbocycles. The van der Waals surface area contributed by atoms with Gasteiger partial charge in [-0.15, -0.1) is 0 Å². The van der Waals surface area contributed by atoms with Crippen molar-refractivity contribution in [3.63, 3.8) is 0 Å². The number of hydrogen-bond donors (Lipinski definition) is 1. The zero-order valence-electron chi connectivity index (χ0n) is 14.4. The quantitative estimate of drug-likeness (QED) is 0.864. The van der Waals surface area contributed by atoms with Crippen LogP contribution in [0.5, 0.6) is 0 Å². The summed E-state index contributed by atoms with van der Waals surface area (Å²) in [5.74, 6) is 1.52. The number of anilines is 1. The van der Waals surface area contributed by atoms with Gasteiger partial charge in [0.15, 0.2) is 0 Å². The lowest BCUT2D eigenvalue weighted by atomic mass is 9.83. The first kappa shape index (κ1) is 15.8. The van der Waals surface area contributed by atoms with E-state index in [4.69, 9.17) is 4.99 Å². The largest absolute Gasteiger partial charge is 0.340 e. The average Bonchev–Trinajstić information content (AvgIpc) is 2.52. The van der Waals surface area contributed by atoms with Gasteiger partial charge in [0.05, 0.1) is 6.04 Å². The molecule has 1 N–H and O–H groups in total. The summed E-state index contributed by atoms with van der Waals surface area (Å²) in [6.45, 7) is 9.63. The number of carbonyl (C=O) groups is 1. The molecule has 3 rings (SSSR count). The van der Waals surface area contributed by atoms with E-state index in [1.54, 1.807) is 6.92 Å². The fraction of sp³-hybridized carbons (Fsp3) is 0.474. The van der Waals surface area contributed by atoms with Gasteiger partial charge in [-0.25, -0.2) is 0 Å². The van der Waals surface area contributed by atoms with Gasteiger partial charge in [0.1, 0.15) is 5.84 Å². The molecule has 122 valence electrons. The van der Waals surface area contributed by atoms with Gasteiger partial charge in [-0.3, -0.25) is 9.79 Å². The topological polar surface area (TPSA) is 44.7 Å². The predicted molar refractivity (Wildman–Crippen MR) is 94.8 cm³/mol. The van der Waals surface area contributed by atoms with Gasteiger partial charge in [0.25, 0.3) is 0 Å². The fourth-order valence-electron chi connectivity index (χ4n) is 3.43. The smallest absolute Gasteiger partial charge is 0.219 e. The van der Waals surface area contributed by atoms with Gasteiger partial charge >= 0.3 is 0 Å². The number of nitrogens with zero attached hydrogens (tertiary/aromatic N) is 2. The number of aryl methyl sites for hydroxylation is 1. The molecule has 0 aliphatic carbocycles. The lowest BCUT2D eigenvalue weighted by molar-refractivity contribution is -0.128. The number of nitrogens with one attached hydrogen (secondary N) is 1. The van der Waals surface area contributed by atoms with E-state index in [9.17, 15) is 4.79 Å². The summed E-state index contributed by atoms with van der Waals surface area (Å²) in [6, 6.07) is 8.58. The van der Waals surface area contributed by atoms with Gasteiger partial charge in [0, 0.05) is 37.2 Å². The minimum atomic E-state index is 0.137. The van der Waals surface area contributed by atoms with E-state index >= 15 is 0 Å². The van der Waals surface area contributed by atoms with Crippen LogP contribution in [-0.2, 0) is 4.79 Å². The van der Waals surface area contributed by atoms with Crippen LogP contribution in [0.4, 0.5) is 5.69 Å². The van der Waals surface area contributed by atoms with E-state index < -0.39 is 0 Å². The Morgan fingerprint density at radius 3 is 2.83 bits per heavy atom. The summed E-state index contributed by atoms with van der Waals surface area (Å²) in [5.41, 5.74) is 4.94. The third-order valence-corrected chi connectivity index (χ3v) is 5.01. The molecule has 1 amide bonds. The van der Waals surface area contributed by atoms with Crippen LogP contribution in [0.25, 0.3) is 0 Å². The molecule has 1 unspecified atom stereocenters. The van der Waals surface area contributed by atoms with Gasteiger partial charge < -0.3 is 10.2 Å². The molecule has 2 aliphatic heterocycles. The number of hydrogen-bond acceptors (Lipinski definition) is 3. The van der Waals surface area contributed by atoms with Gasteiger partial charge in [-0.05, 0) is 38.0 Å². The maximum Gasteiger partial charge on any atom is 0.219 e. The van der Waals surface area contributed by atoms with E-state index in [1.165, 1.54) is 16.7 Å². The van der Waals surface area contributed by atoms with Crippen molar-refractivity contribution < 1.29 is 4.79 Å². The van der Waals surface area contributed by atoms with Crippen LogP contribution >= 0.6 is 0 Å². The van der Waals surface area contributed by atoms with E-state index in [1.807, 2.05) is 11.0 Å². The van der Waals surface area contributed by atoms with E-state index in [0.717, 1.165) is 24.5 Å². The van der Waals surface area contributed by atoms with Crippen molar-refractivity contribution in [2.45, 2.75) is 40.2 Å². The molecule has 1 aromatic rings. The highest BCUT2D eigenvalue weighted by atomic mass is 16.2. The van der Waals surface area contributed by atoms with E-state index in [-0.39, 0.29) is 11.9 Å². The summed E-state index contributed by atoms with van der Waals surface area (Å²) in [6.07, 6.45) is 0.953. The third-order valence-electron chi connectivity index (χ3n) is 5.01. The van der Waals surface area contributed by atoms with E-state index in [2.05, 4.69) is 44.3 Å².